The van der Waals surface area contributed by atoms with Gasteiger partial charge >= 0.3 is 0 Å². The zero-order valence-corrected chi connectivity index (χ0v) is 18.3. The van der Waals surface area contributed by atoms with Crippen molar-refractivity contribution in [2.75, 3.05) is 52.4 Å². The lowest BCUT2D eigenvalue weighted by Gasteiger charge is -2.34. The molecule has 1 aromatic heterocycles. The maximum absolute atomic E-state index is 12.7. The van der Waals surface area contributed by atoms with E-state index in [1.807, 2.05) is 5.38 Å². The van der Waals surface area contributed by atoms with Crippen molar-refractivity contribution < 1.29 is 9.59 Å². The number of rotatable bonds is 5. The highest BCUT2D eigenvalue weighted by atomic mass is 32.1. The molecule has 2 aromatic rings. The van der Waals surface area contributed by atoms with Crippen molar-refractivity contribution in [1.29, 1.82) is 0 Å². The van der Waals surface area contributed by atoms with Gasteiger partial charge in [0.1, 0.15) is 10.7 Å². The van der Waals surface area contributed by atoms with Crippen LogP contribution in [0.3, 0.4) is 0 Å². The van der Waals surface area contributed by atoms with E-state index in [0.29, 0.717) is 31.9 Å². The lowest BCUT2D eigenvalue weighted by Crippen LogP contribution is -2.50. The highest BCUT2D eigenvalue weighted by Gasteiger charge is 2.25. The van der Waals surface area contributed by atoms with Crippen molar-refractivity contribution in [3.05, 3.63) is 52.0 Å². The summed E-state index contributed by atoms with van der Waals surface area (Å²) in [7, 11) is 0. The van der Waals surface area contributed by atoms with E-state index < -0.39 is 0 Å². The Bertz CT molecular complexity index is 855. The third kappa shape index (κ3) is 5.24. The van der Waals surface area contributed by atoms with E-state index in [4.69, 9.17) is 0 Å². The maximum Gasteiger partial charge on any atom is 0.273 e. The van der Waals surface area contributed by atoms with Crippen LogP contribution in [0.4, 0.5) is 0 Å². The third-order valence-electron chi connectivity index (χ3n) is 5.86. The highest BCUT2D eigenvalue weighted by Crippen LogP contribution is 2.17. The number of amides is 2. The second kappa shape index (κ2) is 9.68. The van der Waals surface area contributed by atoms with E-state index in [-0.39, 0.29) is 11.8 Å². The van der Waals surface area contributed by atoms with E-state index in [9.17, 15) is 9.59 Å². The Morgan fingerprint density at radius 3 is 2.10 bits per heavy atom. The van der Waals surface area contributed by atoms with Crippen molar-refractivity contribution in [1.82, 2.24) is 24.6 Å². The number of nitrogens with zero attached hydrogens (tertiary/aromatic N) is 5. The number of carbonyl (C=O) groups is 2. The van der Waals surface area contributed by atoms with Gasteiger partial charge in [0, 0.05) is 71.2 Å². The molecule has 160 valence electrons. The van der Waals surface area contributed by atoms with Crippen LogP contribution in [0.2, 0.25) is 0 Å². The minimum atomic E-state index is -0.0200. The number of aromatic nitrogens is 1. The van der Waals surface area contributed by atoms with Gasteiger partial charge in [-0.25, -0.2) is 4.98 Å². The summed E-state index contributed by atoms with van der Waals surface area (Å²) in [5.41, 5.74) is 1.90. The Morgan fingerprint density at radius 2 is 1.47 bits per heavy atom. The molecule has 2 aliphatic rings. The van der Waals surface area contributed by atoms with Gasteiger partial charge in [0.25, 0.3) is 5.91 Å². The summed E-state index contributed by atoms with van der Waals surface area (Å²) in [5, 5.41) is 2.87. The van der Waals surface area contributed by atoms with Crippen molar-refractivity contribution in [2.24, 2.45) is 0 Å². The average Bonchev–Trinajstić information content (AvgIpc) is 3.24. The first-order chi connectivity index (χ1) is 14.6. The SMILES string of the molecule is CC(=O)N1CCN(C(=O)c2csc(CN3CCN(Cc4ccccc4)CC3)n2)CC1. The summed E-state index contributed by atoms with van der Waals surface area (Å²) in [6, 6.07) is 10.6. The van der Waals surface area contributed by atoms with E-state index in [0.717, 1.165) is 44.3 Å². The normalized spacial score (nSPS) is 18.6. The molecule has 3 heterocycles. The number of thiazole rings is 1. The van der Waals surface area contributed by atoms with Crippen molar-refractivity contribution in [3.63, 3.8) is 0 Å². The Balaban J connectivity index is 1.24. The molecule has 0 radical (unpaired) electrons. The van der Waals surface area contributed by atoms with Crippen LogP contribution >= 0.6 is 11.3 Å². The molecule has 30 heavy (non-hydrogen) atoms. The number of carbonyl (C=O) groups excluding carboxylic acids is 2. The Labute approximate surface area is 181 Å². The molecule has 0 N–H and O–H groups in total. The van der Waals surface area contributed by atoms with Gasteiger partial charge in [-0.15, -0.1) is 11.3 Å². The fourth-order valence-electron chi connectivity index (χ4n) is 4.01. The molecule has 2 fully saturated rings. The molecule has 2 saturated heterocycles. The van der Waals surface area contributed by atoms with Crippen LogP contribution in [-0.2, 0) is 17.9 Å². The molecule has 8 heteroatoms. The van der Waals surface area contributed by atoms with Crippen molar-refractivity contribution in [3.8, 4) is 0 Å². The average molecular weight is 428 g/mol. The lowest BCUT2D eigenvalue weighted by atomic mass is 10.2. The van der Waals surface area contributed by atoms with Gasteiger partial charge in [0.05, 0.1) is 6.54 Å². The van der Waals surface area contributed by atoms with E-state index in [2.05, 4.69) is 45.1 Å². The first-order valence-corrected chi connectivity index (χ1v) is 11.4. The summed E-state index contributed by atoms with van der Waals surface area (Å²) >= 11 is 1.57. The van der Waals surface area contributed by atoms with Gasteiger partial charge in [0.15, 0.2) is 0 Å². The minimum Gasteiger partial charge on any atom is -0.339 e. The van der Waals surface area contributed by atoms with Gasteiger partial charge in [-0.3, -0.25) is 19.4 Å². The zero-order valence-electron chi connectivity index (χ0n) is 17.5. The molecule has 1 aromatic carbocycles. The summed E-state index contributed by atoms with van der Waals surface area (Å²) in [4.78, 5) is 37.3. The van der Waals surface area contributed by atoms with Crippen LogP contribution in [0.25, 0.3) is 0 Å². The second-order valence-corrected chi connectivity index (χ2v) is 8.91. The molecular weight excluding hydrogens is 398 g/mol. The van der Waals surface area contributed by atoms with Gasteiger partial charge in [-0.2, -0.15) is 0 Å². The van der Waals surface area contributed by atoms with Gasteiger partial charge in [-0.1, -0.05) is 30.3 Å². The summed E-state index contributed by atoms with van der Waals surface area (Å²) < 4.78 is 0. The molecule has 0 atom stereocenters. The van der Waals surface area contributed by atoms with Crippen molar-refractivity contribution in [2.45, 2.75) is 20.0 Å². The predicted molar refractivity (Wildman–Crippen MR) is 117 cm³/mol. The molecular formula is C22H29N5O2S. The van der Waals surface area contributed by atoms with E-state index in [1.54, 1.807) is 28.1 Å². The predicted octanol–water partition coefficient (Wildman–Crippen LogP) is 1.77. The van der Waals surface area contributed by atoms with Gasteiger partial charge < -0.3 is 9.80 Å². The molecule has 2 aliphatic heterocycles. The third-order valence-corrected chi connectivity index (χ3v) is 6.69. The van der Waals surface area contributed by atoms with Crippen LogP contribution in [0, 0.1) is 0 Å². The maximum atomic E-state index is 12.7. The van der Waals surface area contributed by atoms with Crippen LogP contribution in [0.5, 0.6) is 0 Å². The topological polar surface area (TPSA) is 60.0 Å². The number of hydrogen-bond donors (Lipinski definition) is 0. The highest BCUT2D eigenvalue weighted by molar-refractivity contribution is 7.09. The smallest absolute Gasteiger partial charge is 0.273 e. The fourth-order valence-corrected chi connectivity index (χ4v) is 4.82. The van der Waals surface area contributed by atoms with E-state index >= 15 is 0 Å². The Morgan fingerprint density at radius 1 is 0.867 bits per heavy atom. The summed E-state index contributed by atoms with van der Waals surface area (Å²) in [5.74, 6) is 0.0512. The van der Waals surface area contributed by atoms with Gasteiger partial charge in [-0.05, 0) is 5.56 Å². The standard InChI is InChI=1S/C22H29N5O2S/c1-18(28)26-11-13-27(14-12-26)22(29)20-17-30-21(23-20)16-25-9-7-24(8-10-25)15-19-5-3-2-4-6-19/h2-6,17H,7-16H2,1H3. The van der Waals surface area contributed by atoms with Crippen molar-refractivity contribution >= 4 is 23.2 Å². The molecule has 0 unspecified atom stereocenters. The Hall–Kier alpha value is -2.29. The van der Waals surface area contributed by atoms with Crippen LogP contribution < -0.4 is 0 Å². The number of hydrogen-bond acceptors (Lipinski definition) is 6. The monoisotopic (exact) mass is 427 g/mol. The molecule has 0 aliphatic carbocycles. The molecule has 7 nitrogen and oxygen atoms in total. The quantitative estimate of drug-likeness (QED) is 0.728. The van der Waals surface area contributed by atoms with E-state index in [1.165, 1.54) is 5.56 Å². The molecule has 0 bridgehead atoms. The Kier molecular flexibility index (Phi) is 6.76. The molecule has 0 spiro atoms. The zero-order chi connectivity index (χ0) is 20.9. The lowest BCUT2D eigenvalue weighted by molar-refractivity contribution is -0.130. The first-order valence-electron chi connectivity index (χ1n) is 10.6. The fraction of sp³-hybridized carbons (Fsp3) is 0.500. The van der Waals surface area contributed by atoms with Crippen LogP contribution in [0.15, 0.2) is 35.7 Å². The first kappa shape index (κ1) is 21.0. The number of piperazine rings is 2. The second-order valence-electron chi connectivity index (χ2n) is 7.96. The van der Waals surface area contributed by atoms with Crippen LogP contribution in [0.1, 0.15) is 28.0 Å². The molecule has 4 rings (SSSR count). The summed E-state index contributed by atoms with van der Waals surface area (Å²) in [6.07, 6.45) is 0. The largest absolute Gasteiger partial charge is 0.339 e. The molecule has 2 amide bonds. The van der Waals surface area contributed by atoms with Gasteiger partial charge in [0.2, 0.25) is 5.91 Å². The molecule has 0 saturated carbocycles. The van der Waals surface area contributed by atoms with Crippen LogP contribution in [-0.4, -0.2) is 88.8 Å². The summed E-state index contributed by atoms with van der Waals surface area (Å²) in [6.45, 7) is 9.87. The number of benzene rings is 1. The minimum absolute atomic E-state index is 0.0200.